The minimum atomic E-state index is -0.548. The molecule has 24 heavy (non-hydrogen) atoms. The maximum absolute atomic E-state index is 12.1. The van der Waals surface area contributed by atoms with Gasteiger partial charge in [0.1, 0.15) is 18.2 Å². The van der Waals surface area contributed by atoms with Crippen molar-refractivity contribution in [2.75, 3.05) is 6.54 Å². The summed E-state index contributed by atoms with van der Waals surface area (Å²) in [7, 11) is 0. The fraction of sp³-hybridized carbons (Fsp3) is 0.500. The maximum Gasteiger partial charge on any atom is 0.410 e. The van der Waals surface area contributed by atoms with E-state index in [1.54, 1.807) is 23.2 Å². The summed E-state index contributed by atoms with van der Waals surface area (Å²) in [6.45, 7) is 6.27. The van der Waals surface area contributed by atoms with Gasteiger partial charge in [-0.25, -0.2) is 4.79 Å². The van der Waals surface area contributed by atoms with Crippen molar-refractivity contribution in [3.05, 3.63) is 46.5 Å². The van der Waals surface area contributed by atoms with E-state index in [0.29, 0.717) is 18.3 Å². The molecule has 0 N–H and O–H groups in total. The summed E-state index contributed by atoms with van der Waals surface area (Å²) in [5, 5.41) is 3.94. The molecule has 0 bridgehead atoms. The Kier molecular flexibility index (Phi) is 4.13. The molecule has 2 aromatic rings. The molecule has 2 aromatic heterocycles. The third-order valence-electron chi connectivity index (χ3n) is 3.63. The number of hydrogen-bond acceptors (Lipinski definition) is 6. The standard InChI is InChI=1S/C16H20N4O4/c1-16(2,3)23-15(22)20-9-7-11(20)14-17-12(24-18-14)10-19-8-5-4-6-13(19)21/h4-6,8,11H,7,9-10H2,1-3H3. The molecule has 0 aliphatic carbocycles. The molecule has 1 aliphatic heterocycles. The molecule has 0 spiro atoms. The third-order valence-corrected chi connectivity index (χ3v) is 3.63. The fourth-order valence-electron chi connectivity index (χ4n) is 2.40. The van der Waals surface area contributed by atoms with E-state index in [9.17, 15) is 9.59 Å². The molecule has 0 radical (unpaired) electrons. The topological polar surface area (TPSA) is 90.5 Å². The Morgan fingerprint density at radius 1 is 1.42 bits per heavy atom. The average molecular weight is 332 g/mol. The van der Waals surface area contributed by atoms with Crippen LogP contribution in [0.25, 0.3) is 0 Å². The highest BCUT2D eigenvalue weighted by atomic mass is 16.6. The normalized spacial score (nSPS) is 17.5. The Bertz CT molecular complexity index is 790. The number of amides is 1. The number of pyridine rings is 1. The van der Waals surface area contributed by atoms with Crippen LogP contribution in [0.5, 0.6) is 0 Å². The molecule has 1 fully saturated rings. The summed E-state index contributed by atoms with van der Waals surface area (Å²) in [5.74, 6) is 0.764. The number of rotatable bonds is 3. The van der Waals surface area contributed by atoms with Crippen LogP contribution in [0.15, 0.2) is 33.7 Å². The highest BCUT2D eigenvalue weighted by Crippen LogP contribution is 2.32. The summed E-state index contributed by atoms with van der Waals surface area (Å²) in [5.41, 5.74) is -0.690. The predicted molar refractivity (Wildman–Crippen MR) is 84.4 cm³/mol. The van der Waals surface area contributed by atoms with Crippen LogP contribution in [-0.4, -0.2) is 37.8 Å². The summed E-state index contributed by atoms with van der Waals surface area (Å²) in [4.78, 5) is 29.7. The highest BCUT2D eigenvalue weighted by molar-refractivity contribution is 5.69. The molecule has 3 rings (SSSR count). The van der Waals surface area contributed by atoms with Crippen molar-refractivity contribution < 1.29 is 14.1 Å². The van der Waals surface area contributed by atoms with Gasteiger partial charge in [-0.15, -0.1) is 0 Å². The smallest absolute Gasteiger partial charge is 0.410 e. The average Bonchev–Trinajstić information content (AvgIpc) is 2.86. The van der Waals surface area contributed by atoms with E-state index in [0.717, 1.165) is 6.42 Å². The molecule has 128 valence electrons. The van der Waals surface area contributed by atoms with Crippen LogP contribution in [0.1, 0.15) is 44.9 Å². The van der Waals surface area contributed by atoms with E-state index < -0.39 is 5.60 Å². The van der Waals surface area contributed by atoms with E-state index >= 15 is 0 Å². The van der Waals surface area contributed by atoms with Crippen molar-refractivity contribution in [1.29, 1.82) is 0 Å². The van der Waals surface area contributed by atoms with Crippen molar-refractivity contribution in [3.63, 3.8) is 0 Å². The number of ether oxygens (including phenoxy) is 1. The third kappa shape index (κ3) is 3.47. The molecule has 1 aliphatic rings. The van der Waals surface area contributed by atoms with Crippen LogP contribution in [0.3, 0.4) is 0 Å². The second kappa shape index (κ2) is 6.10. The van der Waals surface area contributed by atoms with Crippen molar-refractivity contribution in [2.45, 2.75) is 45.4 Å². The predicted octanol–water partition coefficient (Wildman–Crippen LogP) is 1.96. The lowest BCUT2D eigenvalue weighted by atomic mass is 10.0. The second-order valence-electron chi connectivity index (χ2n) is 6.69. The van der Waals surface area contributed by atoms with Gasteiger partial charge in [0, 0.05) is 18.8 Å². The van der Waals surface area contributed by atoms with Crippen molar-refractivity contribution in [2.24, 2.45) is 0 Å². The molecule has 8 nitrogen and oxygen atoms in total. The summed E-state index contributed by atoms with van der Waals surface area (Å²) in [6, 6.07) is 4.65. The van der Waals surface area contributed by atoms with Gasteiger partial charge < -0.3 is 13.8 Å². The number of likely N-dealkylation sites (tertiary alicyclic amines) is 1. The van der Waals surface area contributed by atoms with Crippen LogP contribution in [0.2, 0.25) is 0 Å². The SMILES string of the molecule is CC(C)(C)OC(=O)N1CCC1c1noc(Cn2ccccc2=O)n1. The Morgan fingerprint density at radius 3 is 2.83 bits per heavy atom. The second-order valence-corrected chi connectivity index (χ2v) is 6.69. The van der Waals surface area contributed by atoms with Crippen molar-refractivity contribution >= 4 is 6.09 Å². The first-order valence-corrected chi connectivity index (χ1v) is 7.81. The number of carbonyl (C=O) groups excluding carboxylic acids is 1. The molecule has 1 unspecified atom stereocenters. The zero-order valence-electron chi connectivity index (χ0n) is 13.9. The van der Waals surface area contributed by atoms with E-state index in [1.165, 1.54) is 10.6 Å². The van der Waals surface area contributed by atoms with Gasteiger partial charge in [0.25, 0.3) is 5.56 Å². The summed E-state index contributed by atoms with van der Waals surface area (Å²) >= 11 is 0. The van der Waals surface area contributed by atoms with Crippen molar-refractivity contribution in [3.8, 4) is 0 Å². The van der Waals surface area contributed by atoms with Gasteiger partial charge in [-0.1, -0.05) is 11.2 Å². The van der Waals surface area contributed by atoms with Crippen LogP contribution in [0, 0.1) is 0 Å². The molecule has 0 saturated carbocycles. The maximum atomic E-state index is 12.1. The van der Waals surface area contributed by atoms with Crippen molar-refractivity contribution in [1.82, 2.24) is 19.6 Å². The minimum absolute atomic E-state index is 0.142. The first kappa shape index (κ1) is 16.2. The van der Waals surface area contributed by atoms with E-state index in [-0.39, 0.29) is 24.2 Å². The molecule has 8 heteroatoms. The van der Waals surface area contributed by atoms with Gasteiger partial charge in [-0.2, -0.15) is 4.98 Å². The molecular weight excluding hydrogens is 312 g/mol. The molecule has 1 saturated heterocycles. The molecular formula is C16H20N4O4. The fourth-order valence-corrected chi connectivity index (χ4v) is 2.40. The van der Waals surface area contributed by atoms with E-state index in [1.807, 2.05) is 20.8 Å². The number of hydrogen-bond donors (Lipinski definition) is 0. The lowest BCUT2D eigenvalue weighted by molar-refractivity contribution is -0.00772. The number of nitrogens with zero attached hydrogens (tertiary/aromatic N) is 4. The van der Waals surface area contributed by atoms with E-state index in [4.69, 9.17) is 9.26 Å². The zero-order valence-corrected chi connectivity index (χ0v) is 13.9. The Balaban J connectivity index is 1.69. The van der Waals surface area contributed by atoms with Gasteiger partial charge in [-0.3, -0.25) is 9.69 Å². The van der Waals surface area contributed by atoms with Gasteiger partial charge in [0.15, 0.2) is 5.82 Å². The van der Waals surface area contributed by atoms with Gasteiger partial charge in [0.2, 0.25) is 5.89 Å². The van der Waals surface area contributed by atoms with E-state index in [2.05, 4.69) is 10.1 Å². The summed E-state index contributed by atoms with van der Waals surface area (Å²) in [6.07, 6.45) is 2.02. The first-order valence-electron chi connectivity index (χ1n) is 7.81. The highest BCUT2D eigenvalue weighted by Gasteiger charge is 2.39. The van der Waals surface area contributed by atoms with Crippen LogP contribution < -0.4 is 5.56 Å². The minimum Gasteiger partial charge on any atom is -0.444 e. The quantitative estimate of drug-likeness (QED) is 0.853. The lowest BCUT2D eigenvalue weighted by Crippen LogP contribution is -2.47. The summed E-state index contributed by atoms with van der Waals surface area (Å²) < 4.78 is 12.1. The zero-order chi connectivity index (χ0) is 17.3. The first-order chi connectivity index (χ1) is 11.3. The van der Waals surface area contributed by atoms with Gasteiger partial charge in [0.05, 0.1) is 0 Å². The monoisotopic (exact) mass is 332 g/mol. The largest absolute Gasteiger partial charge is 0.444 e. The van der Waals surface area contributed by atoms with Crippen LogP contribution in [-0.2, 0) is 11.3 Å². The van der Waals surface area contributed by atoms with Gasteiger partial charge in [-0.05, 0) is 33.3 Å². The molecule has 1 amide bonds. The Labute approximate surface area is 139 Å². The van der Waals surface area contributed by atoms with Crippen LogP contribution >= 0.6 is 0 Å². The molecule has 3 heterocycles. The van der Waals surface area contributed by atoms with Gasteiger partial charge >= 0.3 is 6.09 Å². The Hall–Kier alpha value is -2.64. The lowest BCUT2D eigenvalue weighted by Gasteiger charge is -2.39. The molecule has 0 aromatic carbocycles. The molecule has 1 atom stereocenters. The number of aromatic nitrogens is 3. The van der Waals surface area contributed by atoms with Crippen LogP contribution in [0.4, 0.5) is 4.79 Å². The number of carbonyl (C=O) groups is 1. The Morgan fingerprint density at radius 2 is 2.21 bits per heavy atom.